The fourth-order valence-electron chi connectivity index (χ4n) is 1.73. The molecule has 0 aliphatic carbocycles. The van der Waals surface area contributed by atoms with Crippen molar-refractivity contribution in [3.8, 4) is 0 Å². The van der Waals surface area contributed by atoms with E-state index in [4.69, 9.17) is 11.6 Å². The van der Waals surface area contributed by atoms with E-state index in [0.29, 0.717) is 22.2 Å². The van der Waals surface area contributed by atoms with Crippen LogP contribution in [0.25, 0.3) is 0 Å². The molecular formula is C15H17ClN4O. The summed E-state index contributed by atoms with van der Waals surface area (Å²) in [7, 11) is 0. The highest BCUT2D eigenvalue weighted by atomic mass is 35.5. The van der Waals surface area contributed by atoms with Crippen molar-refractivity contribution < 1.29 is 4.79 Å². The molecule has 5 nitrogen and oxygen atoms in total. The summed E-state index contributed by atoms with van der Waals surface area (Å²) in [5.74, 6) is 0.355. The minimum atomic E-state index is -0.293. The van der Waals surface area contributed by atoms with Gasteiger partial charge in [-0.15, -0.1) is 0 Å². The van der Waals surface area contributed by atoms with Crippen molar-refractivity contribution >= 4 is 29.0 Å². The number of nitrogens with zero attached hydrogens (tertiary/aromatic N) is 2. The molecule has 21 heavy (non-hydrogen) atoms. The quantitative estimate of drug-likeness (QED) is 0.800. The van der Waals surface area contributed by atoms with Crippen LogP contribution in [0.5, 0.6) is 0 Å². The lowest BCUT2D eigenvalue weighted by atomic mass is 10.3. The highest BCUT2D eigenvalue weighted by Crippen LogP contribution is 2.16. The smallest absolute Gasteiger partial charge is 0.274 e. The topological polar surface area (TPSA) is 66.9 Å². The van der Waals surface area contributed by atoms with E-state index < -0.39 is 0 Å². The maximum absolute atomic E-state index is 12.1. The van der Waals surface area contributed by atoms with Gasteiger partial charge in [-0.2, -0.15) is 0 Å². The van der Waals surface area contributed by atoms with E-state index in [-0.39, 0.29) is 5.91 Å². The monoisotopic (exact) mass is 304 g/mol. The number of anilines is 2. The van der Waals surface area contributed by atoms with Crippen molar-refractivity contribution in [1.29, 1.82) is 0 Å². The van der Waals surface area contributed by atoms with Crippen LogP contribution in [0.3, 0.4) is 0 Å². The summed E-state index contributed by atoms with van der Waals surface area (Å²) in [5, 5.41) is 6.48. The predicted molar refractivity (Wildman–Crippen MR) is 84.8 cm³/mol. The van der Waals surface area contributed by atoms with Gasteiger partial charge in [0.25, 0.3) is 5.91 Å². The molecule has 6 heteroatoms. The molecule has 110 valence electrons. The summed E-state index contributed by atoms with van der Waals surface area (Å²) in [6.45, 7) is 2.94. The molecule has 1 aromatic heterocycles. The number of nitrogens with one attached hydrogen (secondary N) is 2. The highest BCUT2D eigenvalue weighted by molar-refractivity contribution is 6.30. The van der Waals surface area contributed by atoms with Crippen molar-refractivity contribution in [3.05, 3.63) is 47.4 Å². The Balaban J connectivity index is 2.03. The van der Waals surface area contributed by atoms with Crippen molar-refractivity contribution in [2.75, 3.05) is 17.2 Å². The average Bonchev–Trinajstić information content (AvgIpc) is 2.48. The van der Waals surface area contributed by atoms with E-state index in [9.17, 15) is 4.79 Å². The fraction of sp³-hybridized carbons (Fsp3) is 0.267. The molecule has 1 heterocycles. The van der Waals surface area contributed by atoms with Crippen LogP contribution in [-0.4, -0.2) is 22.4 Å². The van der Waals surface area contributed by atoms with Gasteiger partial charge in [-0.05, 0) is 24.6 Å². The zero-order chi connectivity index (χ0) is 15.1. The standard InChI is InChI=1S/C15H17ClN4O/c1-2-3-7-17-14-9-13(18-10-19-14)15(21)20-12-6-4-5-11(16)8-12/h4-6,8-10H,2-3,7H2,1H3,(H,20,21)(H,17,18,19). The summed E-state index contributed by atoms with van der Waals surface area (Å²) >= 11 is 5.88. The molecule has 0 unspecified atom stereocenters. The van der Waals surface area contributed by atoms with Gasteiger partial charge in [0, 0.05) is 23.3 Å². The maximum atomic E-state index is 12.1. The van der Waals surface area contributed by atoms with Crippen LogP contribution in [0.4, 0.5) is 11.5 Å². The first kappa shape index (κ1) is 15.3. The number of carbonyl (C=O) groups is 1. The lowest BCUT2D eigenvalue weighted by molar-refractivity contribution is 0.102. The number of amides is 1. The molecule has 0 saturated heterocycles. The lowest BCUT2D eigenvalue weighted by Gasteiger charge is -2.07. The molecule has 0 bridgehead atoms. The average molecular weight is 305 g/mol. The molecule has 0 spiro atoms. The Labute approximate surface area is 128 Å². The second-order valence-corrected chi connectivity index (χ2v) is 4.97. The third-order valence-corrected chi connectivity index (χ3v) is 3.05. The molecule has 1 aromatic carbocycles. The number of hydrogen-bond acceptors (Lipinski definition) is 4. The van der Waals surface area contributed by atoms with E-state index in [1.807, 2.05) is 0 Å². The first-order valence-electron chi connectivity index (χ1n) is 6.82. The molecular weight excluding hydrogens is 288 g/mol. The summed E-state index contributed by atoms with van der Waals surface area (Å²) < 4.78 is 0. The number of benzene rings is 1. The van der Waals surface area contributed by atoms with E-state index in [1.165, 1.54) is 6.33 Å². The minimum Gasteiger partial charge on any atom is -0.370 e. The van der Waals surface area contributed by atoms with Crippen LogP contribution in [0.15, 0.2) is 36.7 Å². The SMILES string of the molecule is CCCCNc1cc(C(=O)Nc2cccc(Cl)c2)ncn1. The first-order valence-corrected chi connectivity index (χ1v) is 7.19. The van der Waals surface area contributed by atoms with Gasteiger partial charge in [-0.3, -0.25) is 4.79 Å². The second-order valence-electron chi connectivity index (χ2n) is 4.53. The van der Waals surface area contributed by atoms with Crippen LogP contribution in [0.2, 0.25) is 5.02 Å². The van der Waals surface area contributed by atoms with E-state index in [2.05, 4.69) is 27.5 Å². The molecule has 1 amide bonds. The summed E-state index contributed by atoms with van der Waals surface area (Å²) in [4.78, 5) is 20.2. The van der Waals surface area contributed by atoms with Crippen LogP contribution in [0, 0.1) is 0 Å². The highest BCUT2D eigenvalue weighted by Gasteiger charge is 2.09. The van der Waals surface area contributed by atoms with Gasteiger partial charge >= 0.3 is 0 Å². The summed E-state index contributed by atoms with van der Waals surface area (Å²) in [6.07, 6.45) is 3.52. The minimum absolute atomic E-state index is 0.293. The zero-order valence-electron chi connectivity index (χ0n) is 11.8. The fourth-order valence-corrected chi connectivity index (χ4v) is 1.92. The maximum Gasteiger partial charge on any atom is 0.274 e. The van der Waals surface area contributed by atoms with Gasteiger partial charge in [0.05, 0.1) is 0 Å². The number of hydrogen-bond donors (Lipinski definition) is 2. The Morgan fingerprint density at radius 2 is 2.14 bits per heavy atom. The summed E-state index contributed by atoms with van der Waals surface area (Å²) in [5.41, 5.74) is 0.940. The zero-order valence-corrected chi connectivity index (χ0v) is 12.5. The van der Waals surface area contributed by atoms with Gasteiger partial charge < -0.3 is 10.6 Å². The van der Waals surface area contributed by atoms with Gasteiger partial charge in [-0.1, -0.05) is 31.0 Å². The van der Waals surface area contributed by atoms with Crippen LogP contribution < -0.4 is 10.6 Å². The molecule has 2 rings (SSSR count). The number of carbonyl (C=O) groups excluding carboxylic acids is 1. The molecule has 0 radical (unpaired) electrons. The summed E-state index contributed by atoms with van der Waals surface area (Å²) in [6, 6.07) is 8.61. The molecule has 0 atom stereocenters. The number of halogens is 1. The number of rotatable bonds is 6. The second kappa shape index (κ2) is 7.59. The Kier molecular flexibility index (Phi) is 5.51. The third-order valence-electron chi connectivity index (χ3n) is 2.82. The van der Waals surface area contributed by atoms with Crippen molar-refractivity contribution in [1.82, 2.24) is 9.97 Å². The largest absolute Gasteiger partial charge is 0.370 e. The number of unbranched alkanes of at least 4 members (excludes halogenated alkanes) is 1. The third kappa shape index (κ3) is 4.72. The van der Waals surface area contributed by atoms with Crippen molar-refractivity contribution in [2.24, 2.45) is 0 Å². The van der Waals surface area contributed by atoms with Gasteiger partial charge in [0.2, 0.25) is 0 Å². The van der Waals surface area contributed by atoms with Crippen LogP contribution >= 0.6 is 11.6 Å². The van der Waals surface area contributed by atoms with Crippen molar-refractivity contribution in [3.63, 3.8) is 0 Å². The Morgan fingerprint density at radius 1 is 1.29 bits per heavy atom. The van der Waals surface area contributed by atoms with Crippen LogP contribution in [0.1, 0.15) is 30.3 Å². The van der Waals surface area contributed by atoms with Gasteiger partial charge in [0.1, 0.15) is 17.8 Å². The molecule has 0 aliphatic rings. The molecule has 0 saturated carbocycles. The van der Waals surface area contributed by atoms with Crippen LogP contribution in [-0.2, 0) is 0 Å². The first-order chi connectivity index (χ1) is 10.2. The molecule has 2 N–H and O–H groups in total. The van der Waals surface area contributed by atoms with E-state index in [0.717, 1.165) is 19.4 Å². The Bertz CT molecular complexity index is 618. The molecule has 2 aromatic rings. The Hall–Kier alpha value is -2.14. The molecule has 0 aliphatic heterocycles. The predicted octanol–water partition coefficient (Wildman–Crippen LogP) is 3.59. The Morgan fingerprint density at radius 3 is 2.90 bits per heavy atom. The molecule has 0 fully saturated rings. The van der Waals surface area contributed by atoms with E-state index >= 15 is 0 Å². The van der Waals surface area contributed by atoms with Gasteiger partial charge in [-0.25, -0.2) is 9.97 Å². The lowest BCUT2D eigenvalue weighted by Crippen LogP contribution is -2.14. The van der Waals surface area contributed by atoms with Gasteiger partial charge in [0.15, 0.2) is 0 Å². The normalized spacial score (nSPS) is 10.2. The van der Waals surface area contributed by atoms with E-state index in [1.54, 1.807) is 30.3 Å². The number of aromatic nitrogens is 2. The van der Waals surface area contributed by atoms with Crippen molar-refractivity contribution in [2.45, 2.75) is 19.8 Å².